The van der Waals surface area contributed by atoms with Gasteiger partial charge in [0, 0.05) is 49.7 Å². The average molecular weight is 1010 g/mol. The van der Waals surface area contributed by atoms with Crippen LogP contribution in [0.25, 0.3) is 33.4 Å². The summed E-state index contributed by atoms with van der Waals surface area (Å²) in [6, 6.07) is 72.1. The third kappa shape index (κ3) is 9.24. The number of benzene rings is 8. The molecule has 0 fully saturated rings. The molecule has 0 saturated heterocycles. The topological polar surface area (TPSA) is 30.3 Å². The van der Waals surface area contributed by atoms with Crippen LogP contribution in [0, 0.1) is 22.7 Å². The lowest BCUT2D eigenvalue weighted by Crippen LogP contribution is -2.32. The number of fused-ring (bicyclic) bond motifs is 6. The second-order valence-corrected chi connectivity index (χ2v) is 25.8. The van der Waals surface area contributed by atoms with Crippen molar-refractivity contribution in [2.45, 2.75) is 90.2 Å². The number of nitriles is 1. The predicted octanol–water partition coefficient (Wildman–Crippen LogP) is 19.7. The Morgan fingerprint density at radius 1 is 0.521 bits per heavy atom. The molecule has 2 aliphatic carbocycles. The molecular formula is C67H65N3S3. The van der Waals surface area contributed by atoms with Crippen molar-refractivity contribution < 1.29 is 0 Å². The van der Waals surface area contributed by atoms with Crippen LogP contribution in [-0.4, -0.2) is 14.5 Å². The molecule has 0 spiro atoms. The highest BCUT2D eigenvalue weighted by molar-refractivity contribution is 8.47. The van der Waals surface area contributed by atoms with E-state index in [1.54, 1.807) is 23.5 Å². The van der Waals surface area contributed by atoms with Gasteiger partial charge in [0.05, 0.1) is 11.5 Å². The Hall–Kier alpha value is -6.36. The van der Waals surface area contributed by atoms with Crippen molar-refractivity contribution in [2.75, 3.05) is 16.1 Å². The normalized spacial score (nSPS) is 14.8. The monoisotopic (exact) mass is 1010 g/mol. The van der Waals surface area contributed by atoms with E-state index in [2.05, 4.69) is 272 Å². The van der Waals surface area contributed by atoms with Gasteiger partial charge in [-0.15, -0.1) is 23.5 Å². The Labute approximate surface area is 448 Å². The molecule has 6 heteroatoms. The smallest absolute Gasteiger partial charge is 0.104 e. The third-order valence-electron chi connectivity index (χ3n) is 16.2. The summed E-state index contributed by atoms with van der Waals surface area (Å²) in [7, 11) is 0. The van der Waals surface area contributed by atoms with Crippen molar-refractivity contribution >= 4 is 73.4 Å². The second-order valence-electron chi connectivity index (χ2n) is 22.2. The summed E-state index contributed by atoms with van der Waals surface area (Å²) in [4.78, 5) is 4.76. The fourth-order valence-corrected chi connectivity index (χ4v) is 13.9. The molecule has 10 rings (SSSR count). The number of thiocarbonyl (C=S) groups is 1. The van der Waals surface area contributed by atoms with E-state index in [0.29, 0.717) is 0 Å². The fourth-order valence-electron chi connectivity index (χ4n) is 11.5. The largest absolute Gasteiger partial charge is 0.310 e. The van der Waals surface area contributed by atoms with Crippen LogP contribution in [0.3, 0.4) is 0 Å². The third-order valence-corrected chi connectivity index (χ3v) is 19.1. The maximum atomic E-state index is 10.1. The van der Waals surface area contributed by atoms with Crippen molar-refractivity contribution in [3.8, 4) is 39.4 Å². The van der Waals surface area contributed by atoms with Gasteiger partial charge in [0.1, 0.15) is 3.53 Å². The minimum absolute atomic E-state index is 0.0916. The van der Waals surface area contributed by atoms with Crippen molar-refractivity contribution in [1.82, 2.24) is 0 Å². The number of hydrogen-bond donors (Lipinski definition) is 0. The van der Waals surface area contributed by atoms with E-state index in [0.717, 1.165) is 55.2 Å². The summed E-state index contributed by atoms with van der Waals surface area (Å²) < 4.78 is 0.772. The number of thioether (sulfide) groups is 2. The molecule has 366 valence electrons. The minimum atomic E-state index is -0.445. The molecule has 0 aliphatic heterocycles. The number of anilines is 6. The molecular weight excluding hydrogens is 943 g/mol. The Bertz CT molecular complexity index is 3380. The second kappa shape index (κ2) is 19.5. The van der Waals surface area contributed by atoms with Crippen LogP contribution in [0.5, 0.6) is 0 Å². The first-order valence-corrected chi connectivity index (χ1v) is 28.0. The quantitative estimate of drug-likeness (QED) is 0.107. The Morgan fingerprint density at radius 2 is 0.918 bits per heavy atom. The molecule has 0 saturated carbocycles. The van der Waals surface area contributed by atoms with Crippen molar-refractivity contribution in [2.24, 2.45) is 11.3 Å². The van der Waals surface area contributed by atoms with Gasteiger partial charge in [0.15, 0.2) is 0 Å². The van der Waals surface area contributed by atoms with Crippen LogP contribution in [0.15, 0.2) is 188 Å². The van der Waals surface area contributed by atoms with Crippen molar-refractivity contribution in [3.63, 3.8) is 0 Å². The van der Waals surface area contributed by atoms with E-state index in [1.807, 2.05) is 0 Å². The first-order chi connectivity index (χ1) is 34.9. The summed E-state index contributed by atoms with van der Waals surface area (Å²) >= 11 is 9.24. The summed E-state index contributed by atoms with van der Waals surface area (Å²) in [5, 5.41) is 10.1. The Balaban J connectivity index is 0.955. The number of rotatable bonds is 13. The molecule has 0 bridgehead atoms. The van der Waals surface area contributed by atoms with Crippen LogP contribution in [0.1, 0.15) is 102 Å². The zero-order valence-corrected chi connectivity index (χ0v) is 46.3. The average Bonchev–Trinajstić information content (AvgIpc) is 3.77. The SMILES string of the molecule is CSC(=S)SC(C)(C)C(CC(C)C(C)(C)C#N)c1ccc2c(c1)C(C)(C)c1cc(N(c3ccccc3)c3ccc(-c4ccc(N(c5ccccc5)c5ccc6c(c5)C(C)(C)c5ccccc5-6)cc4)cc3)ccc1-2. The van der Waals surface area contributed by atoms with Gasteiger partial charge in [0.25, 0.3) is 0 Å². The standard InChI is InChI=1S/C67H65N3S3/c1-44(64(2,3)43-68)39-59(67(8,9)73-63(71)72-10)47-29-36-55-57-38-35-53(42-62(57)66(6,7)60(55)40-47)70(49-21-15-12-16-22-49)51-32-27-46(28-33-51)45-25-30-50(31-26-45)69(48-19-13-11-14-20-48)52-34-37-56-54-23-17-18-24-58(54)65(4,5)61(56)41-52/h11-38,40-42,44,59H,39H2,1-10H3. The van der Waals surface area contributed by atoms with Crippen LogP contribution in [-0.2, 0) is 10.8 Å². The molecule has 0 aromatic heterocycles. The van der Waals surface area contributed by atoms with Gasteiger partial charge in [-0.1, -0.05) is 162 Å². The highest BCUT2D eigenvalue weighted by Crippen LogP contribution is 2.55. The zero-order valence-electron chi connectivity index (χ0n) is 43.8. The molecule has 0 radical (unpaired) electrons. The van der Waals surface area contributed by atoms with Gasteiger partial charge in [-0.25, -0.2) is 0 Å². The van der Waals surface area contributed by atoms with E-state index in [-0.39, 0.29) is 27.4 Å². The highest BCUT2D eigenvalue weighted by atomic mass is 32.2. The van der Waals surface area contributed by atoms with Crippen LogP contribution in [0.4, 0.5) is 34.1 Å². The predicted molar refractivity (Wildman–Crippen MR) is 320 cm³/mol. The van der Waals surface area contributed by atoms with Crippen molar-refractivity contribution in [1.29, 1.82) is 5.26 Å². The summed E-state index contributed by atoms with van der Waals surface area (Å²) in [6.45, 7) is 20.5. The molecule has 8 aromatic carbocycles. The number of para-hydroxylation sites is 2. The Morgan fingerprint density at radius 3 is 1.40 bits per heavy atom. The lowest BCUT2D eigenvalue weighted by Gasteiger charge is -2.38. The van der Waals surface area contributed by atoms with Crippen LogP contribution >= 0.6 is 35.7 Å². The van der Waals surface area contributed by atoms with Gasteiger partial charge in [0.2, 0.25) is 0 Å². The van der Waals surface area contributed by atoms with E-state index in [4.69, 9.17) is 12.2 Å². The lowest BCUT2D eigenvalue weighted by atomic mass is 9.71. The van der Waals surface area contributed by atoms with E-state index in [1.165, 1.54) is 50.1 Å². The molecule has 3 nitrogen and oxygen atoms in total. The fraction of sp³-hybridized carbons (Fsp3) is 0.254. The lowest BCUT2D eigenvalue weighted by molar-refractivity contribution is 0.268. The zero-order chi connectivity index (χ0) is 51.5. The van der Waals surface area contributed by atoms with Crippen molar-refractivity contribution in [3.05, 3.63) is 216 Å². The maximum absolute atomic E-state index is 10.1. The maximum Gasteiger partial charge on any atom is 0.104 e. The van der Waals surface area contributed by atoms with Gasteiger partial charge >= 0.3 is 0 Å². The molecule has 73 heavy (non-hydrogen) atoms. The van der Waals surface area contributed by atoms with Gasteiger partial charge in [-0.05, 0) is 186 Å². The van der Waals surface area contributed by atoms with E-state index >= 15 is 0 Å². The van der Waals surface area contributed by atoms with E-state index in [9.17, 15) is 5.26 Å². The van der Waals surface area contributed by atoms with E-state index < -0.39 is 5.41 Å². The van der Waals surface area contributed by atoms with Gasteiger partial charge < -0.3 is 9.80 Å². The summed E-state index contributed by atoms with van der Waals surface area (Å²) in [5.41, 5.74) is 20.2. The highest BCUT2D eigenvalue weighted by Gasteiger charge is 2.41. The molecule has 0 amide bonds. The molecule has 2 atom stereocenters. The van der Waals surface area contributed by atoms with Gasteiger partial charge in [-0.3, -0.25) is 0 Å². The Kier molecular flexibility index (Phi) is 13.4. The summed E-state index contributed by atoms with van der Waals surface area (Å²) in [6.07, 6.45) is 2.95. The van der Waals surface area contributed by atoms with Gasteiger partial charge in [-0.2, -0.15) is 5.26 Å². The first kappa shape index (κ1) is 50.2. The molecule has 0 heterocycles. The molecule has 8 aromatic rings. The molecule has 2 aliphatic rings. The number of hydrogen-bond acceptors (Lipinski definition) is 6. The van der Waals surface area contributed by atoms with Crippen LogP contribution < -0.4 is 9.80 Å². The first-order valence-electron chi connectivity index (χ1n) is 25.6. The minimum Gasteiger partial charge on any atom is -0.310 e. The summed E-state index contributed by atoms with van der Waals surface area (Å²) in [5.74, 6) is 0.376. The molecule has 0 N–H and O–H groups in total. The van der Waals surface area contributed by atoms with Crippen LogP contribution in [0.2, 0.25) is 0 Å². The molecule has 2 unspecified atom stereocenters. The number of nitrogens with zero attached hydrogens (tertiary/aromatic N) is 3.